The Morgan fingerprint density at radius 3 is 2.82 bits per heavy atom. The number of pyridine rings is 1. The average molecular weight is 256 g/mol. The molecule has 1 heterocycles. The standard InChI is InChI=1S/C13H21FN2S/c1-3-12(15-8-4-5-9-17-2)13-7-6-11(14)10-16-13/h6-7,10,12,15H,3-5,8-9H2,1-2H3. The van der Waals surface area contributed by atoms with E-state index in [2.05, 4.69) is 23.5 Å². The highest BCUT2D eigenvalue weighted by Gasteiger charge is 2.09. The van der Waals surface area contributed by atoms with Crippen LogP contribution in [0.25, 0.3) is 0 Å². The lowest BCUT2D eigenvalue weighted by Crippen LogP contribution is -2.22. The maximum Gasteiger partial charge on any atom is 0.141 e. The van der Waals surface area contributed by atoms with Gasteiger partial charge in [0.25, 0.3) is 0 Å². The Hall–Kier alpha value is -0.610. The van der Waals surface area contributed by atoms with Gasteiger partial charge in [-0.15, -0.1) is 0 Å². The first kappa shape index (κ1) is 14.5. The third-order valence-electron chi connectivity index (χ3n) is 2.68. The molecule has 0 aliphatic rings. The molecule has 0 aliphatic heterocycles. The average Bonchev–Trinajstić information content (AvgIpc) is 2.35. The molecular formula is C13H21FN2S. The van der Waals surface area contributed by atoms with Crippen LogP contribution in [0.4, 0.5) is 4.39 Å². The van der Waals surface area contributed by atoms with Crippen molar-refractivity contribution in [2.24, 2.45) is 0 Å². The molecule has 1 N–H and O–H groups in total. The molecule has 0 fully saturated rings. The molecule has 17 heavy (non-hydrogen) atoms. The van der Waals surface area contributed by atoms with Crippen molar-refractivity contribution >= 4 is 11.8 Å². The molecule has 1 atom stereocenters. The first-order valence-corrected chi connectivity index (χ1v) is 7.51. The van der Waals surface area contributed by atoms with E-state index in [4.69, 9.17) is 0 Å². The highest BCUT2D eigenvalue weighted by molar-refractivity contribution is 7.98. The van der Waals surface area contributed by atoms with Gasteiger partial charge in [0.1, 0.15) is 5.82 Å². The van der Waals surface area contributed by atoms with Gasteiger partial charge in [-0.25, -0.2) is 4.39 Å². The summed E-state index contributed by atoms with van der Waals surface area (Å²) in [4.78, 5) is 4.12. The van der Waals surface area contributed by atoms with Crippen LogP contribution >= 0.6 is 11.8 Å². The molecule has 1 unspecified atom stereocenters. The van der Waals surface area contributed by atoms with Gasteiger partial charge in [-0.2, -0.15) is 11.8 Å². The second kappa shape index (κ2) is 8.48. The van der Waals surface area contributed by atoms with Crippen molar-refractivity contribution < 1.29 is 4.39 Å². The number of hydrogen-bond donors (Lipinski definition) is 1. The van der Waals surface area contributed by atoms with Crippen molar-refractivity contribution in [2.45, 2.75) is 32.2 Å². The van der Waals surface area contributed by atoms with Crippen molar-refractivity contribution in [3.63, 3.8) is 0 Å². The minimum absolute atomic E-state index is 0.241. The van der Waals surface area contributed by atoms with Gasteiger partial charge in [-0.05, 0) is 49.9 Å². The minimum atomic E-state index is -0.274. The summed E-state index contributed by atoms with van der Waals surface area (Å²) in [5.41, 5.74) is 0.929. The summed E-state index contributed by atoms with van der Waals surface area (Å²) in [6, 6.07) is 3.48. The molecule has 1 aromatic rings. The number of nitrogens with zero attached hydrogens (tertiary/aromatic N) is 1. The summed E-state index contributed by atoms with van der Waals surface area (Å²) in [6.45, 7) is 3.11. The Labute approximate surface area is 107 Å². The summed E-state index contributed by atoms with van der Waals surface area (Å²) in [5.74, 6) is 0.941. The van der Waals surface area contributed by atoms with Gasteiger partial charge in [0, 0.05) is 6.04 Å². The third kappa shape index (κ3) is 5.50. The van der Waals surface area contributed by atoms with Gasteiger partial charge in [0.05, 0.1) is 11.9 Å². The molecule has 96 valence electrons. The van der Waals surface area contributed by atoms with Gasteiger partial charge < -0.3 is 5.32 Å². The van der Waals surface area contributed by atoms with E-state index < -0.39 is 0 Å². The first-order chi connectivity index (χ1) is 8.27. The second-order valence-electron chi connectivity index (χ2n) is 4.02. The van der Waals surface area contributed by atoms with E-state index in [0.29, 0.717) is 0 Å². The van der Waals surface area contributed by atoms with E-state index in [0.717, 1.165) is 18.7 Å². The van der Waals surface area contributed by atoms with Gasteiger partial charge >= 0.3 is 0 Å². The van der Waals surface area contributed by atoms with Crippen LogP contribution in [0.5, 0.6) is 0 Å². The van der Waals surface area contributed by atoms with E-state index >= 15 is 0 Å². The molecule has 0 bridgehead atoms. The summed E-state index contributed by atoms with van der Waals surface area (Å²) >= 11 is 1.88. The molecule has 0 saturated carbocycles. The van der Waals surface area contributed by atoms with Gasteiger partial charge in [0.15, 0.2) is 0 Å². The topological polar surface area (TPSA) is 24.9 Å². The molecule has 4 heteroatoms. The van der Waals surface area contributed by atoms with Gasteiger partial charge in [-0.1, -0.05) is 6.92 Å². The number of rotatable bonds is 8. The van der Waals surface area contributed by atoms with E-state index in [1.54, 1.807) is 6.07 Å². The molecular weight excluding hydrogens is 235 g/mol. The van der Waals surface area contributed by atoms with E-state index in [9.17, 15) is 4.39 Å². The summed E-state index contributed by atoms with van der Waals surface area (Å²) < 4.78 is 12.8. The smallest absolute Gasteiger partial charge is 0.141 e. The molecule has 0 saturated heterocycles. The van der Waals surface area contributed by atoms with Crippen molar-refractivity contribution in [1.29, 1.82) is 0 Å². The van der Waals surface area contributed by atoms with E-state index in [1.807, 2.05) is 11.8 Å². The Morgan fingerprint density at radius 1 is 1.41 bits per heavy atom. The Kier molecular flexibility index (Phi) is 7.21. The van der Waals surface area contributed by atoms with Crippen molar-refractivity contribution in [1.82, 2.24) is 10.3 Å². The second-order valence-corrected chi connectivity index (χ2v) is 5.00. The molecule has 2 nitrogen and oxygen atoms in total. The van der Waals surface area contributed by atoms with Crippen molar-refractivity contribution in [3.8, 4) is 0 Å². The predicted molar refractivity (Wildman–Crippen MR) is 72.8 cm³/mol. The third-order valence-corrected chi connectivity index (χ3v) is 3.38. The number of nitrogens with one attached hydrogen (secondary N) is 1. The normalized spacial score (nSPS) is 12.6. The molecule has 0 amide bonds. The lowest BCUT2D eigenvalue weighted by atomic mass is 10.1. The number of halogens is 1. The van der Waals surface area contributed by atoms with Crippen molar-refractivity contribution in [3.05, 3.63) is 29.8 Å². The van der Waals surface area contributed by atoms with Crippen LogP contribution in [0.1, 0.15) is 37.9 Å². The fourth-order valence-corrected chi connectivity index (χ4v) is 2.19. The molecule has 0 aliphatic carbocycles. The van der Waals surface area contributed by atoms with Crippen LogP contribution in [0.3, 0.4) is 0 Å². The summed E-state index contributed by atoms with van der Waals surface area (Å²) in [6.07, 6.45) is 6.80. The number of aromatic nitrogens is 1. The SMILES string of the molecule is CCC(NCCCCSC)c1ccc(F)cn1. The Morgan fingerprint density at radius 2 is 2.24 bits per heavy atom. The minimum Gasteiger partial charge on any atom is -0.309 e. The summed E-state index contributed by atoms with van der Waals surface area (Å²) in [7, 11) is 0. The molecule has 1 aromatic heterocycles. The quantitative estimate of drug-likeness (QED) is 0.722. The Balaban J connectivity index is 2.35. The van der Waals surface area contributed by atoms with Crippen LogP contribution in [0, 0.1) is 5.82 Å². The van der Waals surface area contributed by atoms with Crippen LogP contribution in [0.2, 0.25) is 0 Å². The van der Waals surface area contributed by atoms with E-state index in [1.165, 1.54) is 30.9 Å². The maximum atomic E-state index is 12.8. The zero-order valence-electron chi connectivity index (χ0n) is 10.6. The molecule has 0 aromatic carbocycles. The Bertz CT molecular complexity index is 303. The molecule has 0 spiro atoms. The zero-order chi connectivity index (χ0) is 12.5. The molecule has 1 rings (SSSR count). The maximum absolute atomic E-state index is 12.8. The van der Waals surface area contributed by atoms with Gasteiger partial charge in [-0.3, -0.25) is 4.98 Å². The number of hydrogen-bond acceptors (Lipinski definition) is 3. The van der Waals surface area contributed by atoms with Crippen LogP contribution in [-0.2, 0) is 0 Å². The van der Waals surface area contributed by atoms with E-state index in [-0.39, 0.29) is 11.9 Å². The fourth-order valence-electron chi connectivity index (χ4n) is 1.70. The number of unbranched alkanes of at least 4 members (excludes halogenated alkanes) is 1. The largest absolute Gasteiger partial charge is 0.309 e. The predicted octanol–water partition coefficient (Wildman–Crippen LogP) is 3.40. The fraction of sp³-hybridized carbons (Fsp3) is 0.615. The monoisotopic (exact) mass is 256 g/mol. The highest BCUT2D eigenvalue weighted by Crippen LogP contribution is 2.14. The van der Waals surface area contributed by atoms with Crippen LogP contribution in [-0.4, -0.2) is 23.5 Å². The lowest BCUT2D eigenvalue weighted by molar-refractivity contribution is 0.496. The highest BCUT2D eigenvalue weighted by atomic mass is 32.2. The lowest BCUT2D eigenvalue weighted by Gasteiger charge is -2.16. The molecule has 0 radical (unpaired) electrons. The first-order valence-electron chi connectivity index (χ1n) is 6.11. The number of thioether (sulfide) groups is 1. The van der Waals surface area contributed by atoms with Gasteiger partial charge in [0.2, 0.25) is 0 Å². The van der Waals surface area contributed by atoms with Crippen LogP contribution in [0.15, 0.2) is 18.3 Å². The van der Waals surface area contributed by atoms with Crippen LogP contribution < -0.4 is 5.32 Å². The van der Waals surface area contributed by atoms with Crippen molar-refractivity contribution in [2.75, 3.05) is 18.6 Å². The zero-order valence-corrected chi connectivity index (χ0v) is 11.4. The summed E-state index contributed by atoms with van der Waals surface area (Å²) in [5, 5.41) is 3.47.